The average molecular weight is 263 g/mol. The van der Waals surface area contributed by atoms with Gasteiger partial charge in [0.2, 0.25) is 0 Å². The molecule has 0 amide bonds. The maximum Gasteiger partial charge on any atom is 0.320 e. The van der Waals surface area contributed by atoms with E-state index in [4.69, 9.17) is 0 Å². The Morgan fingerprint density at radius 2 is 2.07 bits per heavy atom. The minimum absolute atomic E-state index is 0.339. The highest BCUT2D eigenvalue weighted by atomic mass is 79.9. The van der Waals surface area contributed by atoms with Crippen molar-refractivity contribution in [2.75, 3.05) is 0 Å². The maximum atomic E-state index is 11.3. The summed E-state index contributed by atoms with van der Waals surface area (Å²) >= 11 is 3.48. The van der Waals surface area contributed by atoms with E-state index in [1.807, 2.05) is 0 Å². The SMILES string of the molecule is CCCCC(Br)(C(=O)O)C1CCCC1. The summed E-state index contributed by atoms with van der Waals surface area (Å²) in [5, 5.41) is 9.27. The van der Waals surface area contributed by atoms with E-state index in [0.29, 0.717) is 5.92 Å². The van der Waals surface area contributed by atoms with Gasteiger partial charge in [-0.05, 0) is 25.2 Å². The lowest BCUT2D eigenvalue weighted by Gasteiger charge is -2.29. The molecule has 1 N–H and O–H groups in total. The minimum Gasteiger partial charge on any atom is -0.480 e. The molecule has 1 atom stereocenters. The van der Waals surface area contributed by atoms with E-state index < -0.39 is 10.3 Å². The van der Waals surface area contributed by atoms with Crippen LogP contribution in [0.2, 0.25) is 0 Å². The highest BCUT2D eigenvalue weighted by Crippen LogP contribution is 2.43. The van der Waals surface area contributed by atoms with Gasteiger partial charge in [0.25, 0.3) is 0 Å². The van der Waals surface area contributed by atoms with Crippen LogP contribution in [0.3, 0.4) is 0 Å². The smallest absolute Gasteiger partial charge is 0.320 e. The van der Waals surface area contributed by atoms with Crippen LogP contribution >= 0.6 is 15.9 Å². The Labute approximate surface area is 94.2 Å². The molecule has 0 bridgehead atoms. The Morgan fingerprint density at radius 1 is 1.50 bits per heavy atom. The van der Waals surface area contributed by atoms with E-state index in [1.54, 1.807) is 0 Å². The number of carboxylic acid groups (broad SMARTS) is 1. The molecule has 1 unspecified atom stereocenters. The van der Waals surface area contributed by atoms with Gasteiger partial charge in [-0.1, -0.05) is 48.5 Å². The zero-order valence-corrected chi connectivity index (χ0v) is 10.3. The quantitative estimate of drug-likeness (QED) is 0.770. The van der Waals surface area contributed by atoms with Crippen LogP contribution in [-0.2, 0) is 4.79 Å². The molecule has 1 rings (SSSR count). The molecule has 0 saturated heterocycles. The Kier molecular flexibility index (Phi) is 4.42. The second-order valence-electron chi connectivity index (χ2n) is 4.25. The number of aliphatic carboxylic acids is 1. The molecule has 1 fully saturated rings. The Balaban J connectivity index is 2.64. The van der Waals surface area contributed by atoms with Crippen molar-refractivity contribution in [2.24, 2.45) is 5.92 Å². The summed E-state index contributed by atoms with van der Waals surface area (Å²) in [5.41, 5.74) is 0. The van der Waals surface area contributed by atoms with E-state index in [1.165, 1.54) is 12.8 Å². The lowest BCUT2D eigenvalue weighted by molar-refractivity contribution is -0.141. The molecule has 82 valence electrons. The van der Waals surface area contributed by atoms with E-state index in [-0.39, 0.29) is 0 Å². The van der Waals surface area contributed by atoms with Gasteiger partial charge in [0.15, 0.2) is 0 Å². The normalized spacial score (nSPS) is 22.1. The van der Waals surface area contributed by atoms with Crippen molar-refractivity contribution < 1.29 is 9.90 Å². The fourth-order valence-electron chi connectivity index (χ4n) is 2.30. The summed E-state index contributed by atoms with van der Waals surface area (Å²) in [4.78, 5) is 11.3. The molecule has 3 heteroatoms. The standard InChI is InChI=1S/C11H19BrO2/c1-2-3-8-11(12,10(13)14)9-6-4-5-7-9/h9H,2-8H2,1H3,(H,13,14). The number of unbranched alkanes of at least 4 members (excludes halogenated alkanes) is 1. The predicted octanol–water partition coefficient (Wildman–Crippen LogP) is 3.59. The predicted molar refractivity (Wildman–Crippen MR) is 60.8 cm³/mol. The van der Waals surface area contributed by atoms with Crippen molar-refractivity contribution in [1.82, 2.24) is 0 Å². The molecule has 0 spiro atoms. The Morgan fingerprint density at radius 3 is 2.50 bits per heavy atom. The van der Waals surface area contributed by atoms with Crippen molar-refractivity contribution in [3.63, 3.8) is 0 Å². The van der Waals surface area contributed by atoms with Crippen molar-refractivity contribution >= 4 is 21.9 Å². The summed E-state index contributed by atoms with van der Waals surface area (Å²) in [5.74, 6) is -0.329. The number of rotatable bonds is 5. The lowest BCUT2D eigenvalue weighted by atomic mass is 9.86. The first-order valence-corrected chi connectivity index (χ1v) is 6.33. The fraction of sp³-hybridized carbons (Fsp3) is 0.909. The fourth-order valence-corrected chi connectivity index (χ4v) is 3.04. The number of carboxylic acids is 1. The van der Waals surface area contributed by atoms with E-state index in [2.05, 4.69) is 22.9 Å². The third kappa shape index (κ3) is 2.50. The van der Waals surface area contributed by atoms with Crippen LogP contribution in [-0.4, -0.2) is 15.4 Å². The molecule has 0 aromatic rings. The summed E-state index contributed by atoms with van der Waals surface area (Å²) in [6.45, 7) is 2.10. The highest BCUT2D eigenvalue weighted by Gasteiger charge is 2.43. The molecule has 0 aromatic carbocycles. The largest absolute Gasteiger partial charge is 0.480 e. The first-order chi connectivity index (χ1) is 6.61. The molecule has 0 aliphatic heterocycles. The molecule has 0 heterocycles. The van der Waals surface area contributed by atoms with Gasteiger partial charge in [0.1, 0.15) is 4.32 Å². The van der Waals surface area contributed by atoms with E-state index in [0.717, 1.165) is 32.1 Å². The van der Waals surface area contributed by atoms with Gasteiger partial charge < -0.3 is 5.11 Å². The molecule has 1 saturated carbocycles. The summed E-state index contributed by atoms with van der Waals surface area (Å²) in [6, 6.07) is 0. The first-order valence-electron chi connectivity index (χ1n) is 5.53. The molecule has 2 nitrogen and oxygen atoms in total. The van der Waals surface area contributed by atoms with Gasteiger partial charge >= 0.3 is 5.97 Å². The Bertz CT molecular complexity index is 199. The van der Waals surface area contributed by atoms with Gasteiger partial charge in [-0.15, -0.1) is 0 Å². The zero-order valence-electron chi connectivity index (χ0n) is 8.76. The van der Waals surface area contributed by atoms with Crippen LogP contribution in [0.1, 0.15) is 51.9 Å². The second-order valence-corrected chi connectivity index (χ2v) is 5.67. The number of carbonyl (C=O) groups is 1. The van der Waals surface area contributed by atoms with E-state index >= 15 is 0 Å². The van der Waals surface area contributed by atoms with Gasteiger partial charge in [-0.3, -0.25) is 4.79 Å². The number of alkyl halides is 1. The lowest BCUT2D eigenvalue weighted by Crippen LogP contribution is -2.38. The minimum atomic E-state index is -0.669. The van der Waals surface area contributed by atoms with Crippen molar-refractivity contribution in [2.45, 2.75) is 56.2 Å². The Hall–Kier alpha value is -0.0500. The van der Waals surface area contributed by atoms with Crippen molar-refractivity contribution in [1.29, 1.82) is 0 Å². The molecular weight excluding hydrogens is 244 g/mol. The monoisotopic (exact) mass is 262 g/mol. The molecule has 14 heavy (non-hydrogen) atoms. The molecular formula is C11H19BrO2. The molecule has 0 aromatic heterocycles. The molecule has 1 aliphatic carbocycles. The number of halogens is 1. The number of hydrogen-bond donors (Lipinski definition) is 1. The van der Waals surface area contributed by atoms with Crippen LogP contribution in [0.15, 0.2) is 0 Å². The third-order valence-electron chi connectivity index (χ3n) is 3.25. The zero-order chi connectivity index (χ0) is 10.6. The van der Waals surface area contributed by atoms with Gasteiger partial charge in [0, 0.05) is 0 Å². The summed E-state index contributed by atoms with van der Waals surface area (Å²) < 4.78 is -0.639. The van der Waals surface area contributed by atoms with Crippen molar-refractivity contribution in [3.05, 3.63) is 0 Å². The van der Waals surface area contributed by atoms with Crippen LogP contribution in [0.25, 0.3) is 0 Å². The average Bonchev–Trinajstić information content (AvgIpc) is 2.66. The van der Waals surface area contributed by atoms with Crippen LogP contribution in [0, 0.1) is 5.92 Å². The van der Waals surface area contributed by atoms with Gasteiger partial charge in [0.05, 0.1) is 0 Å². The van der Waals surface area contributed by atoms with Crippen molar-refractivity contribution in [3.8, 4) is 0 Å². The highest BCUT2D eigenvalue weighted by molar-refractivity contribution is 9.10. The number of hydrogen-bond acceptors (Lipinski definition) is 1. The van der Waals surface area contributed by atoms with Crippen LogP contribution < -0.4 is 0 Å². The first kappa shape index (κ1) is 12.0. The van der Waals surface area contributed by atoms with Crippen LogP contribution in [0.5, 0.6) is 0 Å². The topological polar surface area (TPSA) is 37.3 Å². The maximum absolute atomic E-state index is 11.3. The van der Waals surface area contributed by atoms with Gasteiger partial charge in [-0.25, -0.2) is 0 Å². The van der Waals surface area contributed by atoms with E-state index in [9.17, 15) is 9.90 Å². The third-order valence-corrected chi connectivity index (χ3v) is 4.64. The molecule has 0 radical (unpaired) electrons. The van der Waals surface area contributed by atoms with Gasteiger partial charge in [-0.2, -0.15) is 0 Å². The summed E-state index contributed by atoms with van der Waals surface area (Å²) in [7, 11) is 0. The second kappa shape index (κ2) is 5.15. The summed E-state index contributed by atoms with van der Waals surface area (Å²) in [6.07, 6.45) is 7.35. The molecule has 1 aliphatic rings. The van der Waals surface area contributed by atoms with Crippen LogP contribution in [0.4, 0.5) is 0 Å².